The Kier molecular flexibility index (Phi) is 5.59. The number of carbonyl (C=O) groups excluding carboxylic acids is 1. The Bertz CT molecular complexity index is 1290. The molecule has 0 atom stereocenters. The molecule has 2 heterocycles. The van der Waals surface area contributed by atoms with Crippen LogP contribution >= 0.6 is 11.8 Å². The highest BCUT2D eigenvalue weighted by atomic mass is 32.2. The lowest BCUT2D eigenvalue weighted by atomic mass is 10.2. The van der Waals surface area contributed by atoms with E-state index in [-0.39, 0.29) is 6.54 Å². The Morgan fingerprint density at radius 1 is 1.13 bits per heavy atom. The molecular formula is C21H16N6O2S. The van der Waals surface area contributed by atoms with Crippen molar-refractivity contribution in [1.29, 1.82) is 5.26 Å². The minimum absolute atomic E-state index is 0.233. The molecule has 2 aromatic carbocycles. The van der Waals surface area contributed by atoms with Gasteiger partial charge >= 0.3 is 5.69 Å². The number of fused-ring (bicyclic) bond motifs is 1. The van der Waals surface area contributed by atoms with E-state index in [1.807, 2.05) is 36.4 Å². The summed E-state index contributed by atoms with van der Waals surface area (Å²) in [5, 5.41) is 16.5. The summed E-state index contributed by atoms with van der Waals surface area (Å²) >= 11 is 1.48. The van der Waals surface area contributed by atoms with Gasteiger partial charge in [-0.2, -0.15) is 5.26 Å². The SMILES string of the molecule is N#Cc1ccc(NC(=O)Cn2nc3c(SCc4ccccc4)nccn3c2=O)cc1. The lowest BCUT2D eigenvalue weighted by Crippen LogP contribution is -2.28. The molecule has 2 aromatic heterocycles. The molecule has 0 aliphatic rings. The Morgan fingerprint density at radius 2 is 1.90 bits per heavy atom. The Balaban J connectivity index is 1.51. The van der Waals surface area contributed by atoms with Crippen LogP contribution in [-0.4, -0.2) is 25.1 Å². The van der Waals surface area contributed by atoms with E-state index in [1.165, 1.54) is 22.4 Å². The van der Waals surface area contributed by atoms with Crippen LogP contribution in [0.5, 0.6) is 0 Å². The van der Waals surface area contributed by atoms with Gasteiger partial charge < -0.3 is 5.32 Å². The van der Waals surface area contributed by atoms with Crippen LogP contribution in [0.4, 0.5) is 5.69 Å². The molecule has 0 spiro atoms. The molecule has 0 unspecified atom stereocenters. The maximum atomic E-state index is 12.6. The van der Waals surface area contributed by atoms with Crippen molar-refractivity contribution in [2.75, 3.05) is 5.32 Å². The number of hydrogen-bond donors (Lipinski definition) is 1. The maximum Gasteiger partial charge on any atom is 0.350 e. The van der Waals surface area contributed by atoms with Gasteiger partial charge in [-0.25, -0.2) is 18.9 Å². The monoisotopic (exact) mass is 416 g/mol. The number of anilines is 1. The predicted octanol–water partition coefficient (Wildman–Crippen LogP) is 2.69. The van der Waals surface area contributed by atoms with Crippen LogP contribution in [0, 0.1) is 11.3 Å². The molecule has 0 saturated heterocycles. The van der Waals surface area contributed by atoms with E-state index in [2.05, 4.69) is 15.4 Å². The first kappa shape index (κ1) is 19.4. The van der Waals surface area contributed by atoms with Crippen molar-refractivity contribution in [3.63, 3.8) is 0 Å². The molecule has 0 bridgehead atoms. The molecule has 30 heavy (non-hydrogen) atoms. The zero-order valence-corrected chi connectivity index (χ0v) is 16.5. The molecule has 0 aliphatic carbocycles. The van der Waals surface area contributed by atoms with E-state index in [1.54, 1.807) is 30.5 Å². The van der Waals surface area contributed by atoms with Crippen LogP contribution in [0.1, 0.15) is 11.1 Å². The highest BCUT2D eigenvalue weighted by Crippen LogP contribution is 2.23. The van der Waals surface area contributed by atoms with Gasteiger partial charge in [0.1, 0.15) is 11.6 Å². The van der Waals surface area contributed by atoms with Crippen LogP contribution in [0.3, 0.4) is 0 Å². The maximum absolute atomic E-state index is 12.6. The summed E-state index contributed by atoms with van der Waals surface area (Å²) in [5.74, 6) is 0.296. The van der Waals surface area contributed by atoms with Gasteiger partial charge in [0.2, 0.25) is 5.91 Å². The largest absolute Gasteiger partial charge is 0.350 e. The normalized spacial score (nSPS) is 10.6. The number of thioether (sulfide) groups is 1. The smallest absolute Gasteiger partial charge is 0.324 e. The van der Waals surface area contributed by atoms with E-state index >= 15 is 0 Å². The van der Waals surface area contributed by atoms with Crippen LogP contribution < -0.4 is 11.0 Å². The summed E-state index contributed by atoms with van der Waals surface area (Å²) in [5.41, 5.74) is 2.17. The van der Waals surface area contributed by atoms with Crippen molar-refractivity contribution in [3.8, 4) is 6.07 Å². The van der Waals surface area contributed by atoms with Crippen LogP contribution in [-0.2, 0) is 17.1 Å². The highest BCUT2D eigenvalue weighted by Gasteiger charge is 2.15. The molecular weight excluding hydrogens is 400 g/mol. The molecule has 9 heteroatoms. The lowest BCUT2D eigenvalue weighted by Gasteiger charge is -2.04. The Hall–Kier alpha value is -3.90. The number of carbonyl (C=O) groups is 1. The van der Waals surface area contributed by atoms with E-state index < -0.39 is 11.6 Å². The molecule has 0 fully saturated rings. The van der Waals surface area contributed by atoms with Crippen molar-refractivity contribution < 1.29 is 4.79 Å². The molecule has 4 aromatic rings. The number of nitrogens with zero attached hydrogens (tertiary/aromatic N) is 5. The molecule has 0 radical (unpaired) electrons. The van der Waals surface area contributed by atoms with E-state index in [0.717, 1.165) is 10.2 Å². The van der Waals surface area contributed by atoms with E-state index in [9.17, 15) is 9.59 Å². The zero-order chi connectivity index (χ0) is 20.9. The summed E-state index contributed by atoms with van der Waals surface area (Å²) in [6.45, 7) is -0.233. The molecule has 1 N–H and O–H groups in total. The zero-order valence-electron chi connectivity index (χ0n) is 15.7. The second-order valence-electron chi connectivity index (χ2n) is 6.38. The minimum Gasteiger partial charge on any atom is -0.324 e. The second-order valence-corrected chi connectivity index (χ2v) is 7.34. The van der Waals surface area contributed by atoms with Gasteiger partial charge in [-0.05, 0) is 29.8 Å². The first-order chi connectivity index (χ1) is 14.6. The fourth-order valence-corrected chi connectivity index (χ4v) is 3.72. The summed E-state index contributed by atoms with van der Waals surface area (Å²) < 4.78 is 2.50. The summed E-state index contributed by atoms with van der Waals surface area (Å²) in [6, 6.07) is 18.4. The number of benzene rings is 2. The topological polar surface area (TPSA) is 105 Å². The van der Waals surface area contributed by atoms with Gasteiger partial charge in [0.05, 0.1) is 11.6 Å². The molecule has 8 nitrogen and oxygen atoms in total. The Labute approximate surface area is 175 Å². The lowest BCUT2D eigenvalue weighted by molar-refractivity contribution is -0.117. The van der Waals surface area contributed by atoms with Crippen LogP contribution in [0.2, 0.25) is 0 Å². The highest BCUT2D eigenvalue weighted by molar-refractivity contribution is 7.98. The number of aromatic nitrogens is 4. The van der Waals surface area contributed by atoms with Crippen LogP contribution in [0.15, 0.2) is 76.8 Å². The second kappa shape index (κ2) is 8.63. The van der Waals surface area contributed by atoms with Gasteiger partial charge in [-0.15, -0.1) is 5.10 Å². The van der Waals surface area contributed by atoms with E-state index in [0.29, 0.717) is 27.7 Å². The third kappa shape index (κ3) is 4.24. The van der Waals surface area contributed by atoms with Gasteiger partial charge in [0.25, 0.3) is 0 Å². The molecule has 1 amide bonds. The number of amides is 1. The first-order valence-corrected chi connectivity index (χ1v) is 10.0. The average Bonchev–Trinajstić information content (AvgIpc) is 3.09. The summed E-state index contributed by atoms with van der Waals surface area (Å²) in [7, 11) is 0. The van der Waals surface area contributed by atoms with Gasteiger partial charge in [0.15, 0.2) is 5.65 Å². The van der Waals surface area contributed by atoms with Crippen molar-refractivity contribution in [2.24, 2.45) is 0 Å². The standard InChI is InChI=1S/C21H16N6O2S/c22-12-15-6-8-17(9-7-15)24-18(28)13-27-21(29)26-11-10-23-20(19(26)25-27)30-14-16-4-2-1-3-5-16/h1-11H,13-14H2,(H,24,28). The van der Waals surface area contributed by atoms with Gasteiger partial charge in [0, 0.05) is 23.8 Å². The third-order valence-electron chi connectivity index (χ3n) is 4.28. The quantitative estimate of drug-likeness (QED) is 0.485. The fourth-order valence-electron chi connectivity index (χ4n) is 2.82. The van der Waals surface area contributed by atoms with Crippen molar-refractivity contribution in [3.05, 3.63) is 88.6 Å². The van der Waals surface area contributed by atoms with Crippen molar-refractivity contribution in [1.82, 2.24) is 19.2 Å². The van der Waals surface area contributed by atoms with Gasteiger partial charge in [-0.1, -0.05) is 42.1 Å². The Morgan fingerprint density at radius 3 is 2.63 bits per heavy atom. The molecule has 0 saturated carbocycles. The van der Waals surface area contributed by atoms with Crippen molar-refractivity contribution >= 4 is 29.0 Å². The molecule has 148 valence electrons. The fraction of sp³-hybridized carbons (Fsp3) is 0.0952. The minimum atomic E-state index is -0.413. The van der Waals surface area contributed by atoms with E-state index in [4.69, 9.17) is 5.26 Å². The molecule has 4 rings (SSSR count). The van der Waals surface area contributed by atoms with Crippen LogP contribution in [0.25, 0.3) is 5.65 Å². The van der Waals surface area contributed by atoms with Gasteiger partial charge in [-0.3, -0.25) is 4.79 Å². The number of hydrogen-bond acceptors (Lipinski definition) is 6. The average molecular weight is 416 g/mol. The van der Waals surface area contributed by atoms with Crippen molar-refractivity contribution in [2.45, 2.75) is 17.3 Å². The molecule has 0 aliphatic heterocycles. The summed E-state index contributed by atoms with van der Waals surface area (Å²) in [4.78, 5) is 29.3. The third-order valence-corrected chi connectivity index (χ3v) is 5.32. The predicted molar refractivity (Wildman–Crippen MR) is 113 cm³/mol. The summed E-state index contributed by atoms with van der Waals surface area (Å²) in [6.07, 6.45) is 3.08. The number of rotatable bonds is 6. The first-order valence-electron chi connectivity index (χ1n) is 9.05. The number of nitrogens with one attached hydrogen (secondary N) is 1. The number of nitriles is 1.